The molecule has 2 rings (SSSR count). The summed E-state index contributed by atoms with van der Waals surface area (Å²) < 4.78 is 2.69. The van der Waals surface area contributed by atoms with Gasteiger partial charge in [0.1, 0.15) is 8.24 Å². The Morgan fingerprint density at radius 3 is 1.95 bits per heavy atom. The van der Waals surface area contributed by atoms with Gasteiger partial charge in [-0.15, -0.1) is 0 Å². The smallest absolute Gasteiger partial charge is 0.143 e. The normalized spacial score (nSPS) is 35.4. The van der Waals surface area contributed by atoms with E-state index in [4.69, 9.17) is 11.2 Å². The number of fused-ring (bicyclic) bond motifs is 1. The molecule has 4 heteroatoms. The summed E-state index contributed by atoms with van der Waals surface area (Å²) in [7, 11) is -2.34. The maximum Gasteiger partial charge on any atom is 0.143 e. The SMILES string of the molecule is CC1=C(C)[C@]2(C)C(=C1C)[P@@](Cl)N(C(C)(C)C)[Si]2(C)C. The third-order valence-electron chi connectivity index (χ3n) is 5.45. The van der Waals surface area contributed by atoms with Crippen LogP contribution in [-0.2, 0) is 0 Å². The zero-order chi connectivity index (χ0) is 15.0. The van der Waals surface area contributed by atoms with Gasteiger partial charge in [-0.2, -0.15) is 0 Å². The Morgan fingerprint density at radius 2 is 1.58 bits per heavy atom. The molecule has 0 aromatic heterocycles. The number of nitrogens with zero attached hydrogens (tertiary/aromatic N) is 1. The summed E-state index contributed by atoms with van der Waals surface area (Å²) in [6, 6.07) is 0. The van der Waals surface area contributed by atoms with Gasteiger partial charge in [-0.3, -0.25) is 4.34 Å². The van der Waals surface area contributed by atoms with E-state index in [0.29, 0.717) is 0 Å². The van der Waals surface area contributed by atoms with E-state index in [9.17, 15) is 0 Å². The third-order valence-corrected chi connectivity index (χ3v) is 16.0. The summed E-state index contributed by atoms with van der Waals surface area (Å²) in [6.07, 6.45) is 0. The maximum absolute atomic E-state index is 7.00. The lowest BCUT2D eigenvalue weighted by Crippen LogP contribution is -2.55. The van der Waals surface area contributed by atoms with E-state index in [0.717, 1.165) is 0 Å². The molecule has 0 saturated carbocycles. The Labute approximate surface area is 125 Å². The summed E-state index contributed by atoms with van der Waals surface area (Å²) in [4.78, 5) is 0. The lowest BCUT2D eigenvalue weighted by Gasteiger charge is -2.47. The second kappa shape index (κ2) is 4.19. The van der Waals surface area contributed by atoms with Gasteiger partial charge < -0.3 is 0 Å². The van der Waals surface area contributed by atoms with Crippen molar-refractivity contribution in [1.82, 2.24) is 4.34 Å². The second-order valence-corrected chi connectivity index (χ2v) is 14.9. The Kier molecular flexibility index (Phi) is 3.48. The van der Waals surface area contributed by atoms with Gasteiger partial charge >= 0.3 is 0 Å². The van der Waals surface area contributed by atoms with Crippen molar-refractivity contribution >= 4 is 26.9 Å². The summed E-state index contributed by atoms with van der Waals surface area (Å²) in [5, 5.41) is 1.77. The van der Waals surface area contributed by atoms with E-state index < -0.39 is 15.7 Å². The number of hydrogen-bond donors (Lipinski definition) is 0. The highest BCUT2D eigenvalue weighted by Crippen LogP contribution is 2.80. The van der Waals surface area contributed by atoms with Crippen LogP contribution in [0.3, 0.4) is 0 Å². The molecule has 2 aliphatic rings. The second-order valence-electron chi connectivity index (χ2n) is 7.65. The van der Waals surface area contributed by atoms with Gasteiger partial charge in [-0.1, -0.05) is 36.8 Å². The van der Waals surface area contributed by atoms with Gasteiger partial charge in [0.2, 0.25) is 0 Å². The van der Waals surface area contributed by atoms with Crippen molar-refractivity contribution in [2.24, 2.45) is 0 Å². The van der Waals surface area contributed by atoms with Crippen LogP contribution in [-0.4, -0.2) is 18.1 Å². The Morgan fingerprint density at radius 1 is 1.11 bits per heavy atom. The van der Waals surface area contributed by atoms with E-state index in [2.05, 4.69) is 65.9 Å². The predicted molar refractivity (Wildman–Crippen MR) is 91.3 cm³/mol. The molecule has 1 aliphatic heterocycles. The molecule has 19 heavy (non-hydrogen) atoms. The number of rotatable bonds is 0. The topological polar surface area (TPSA) is 3.24 Å². The lowest BCUT2D eigenvalue weighted by atomic mass is 10.0. The van der Waals surface area contributed by atoms with E-state index in [-0.39, 0.29) is 10.6 Å². The van der Waals surface area contributed by atoms with Gasteiger partial charge in [0.05, 0.1) is 7.43 Å². The van der Waals surface area contributed by atoms with Gasteiger partial charge in [-0.05, 0) is 58.0 Å². The third kappa shape index (κ3) is 1.73. The highest BCUT2D eigenvalue weighted by atomic mass is 35.7. The molecule has 1 nitrogen and oxygen atoms in total. The molecule has 0 aromatic rings. The molecule has 0 radical (unpaired) electrons. The zero-order valence-electron chi connectivity index (χ0n) is 13.8. The van der Waals surface area contributed by atoms with Gasteiger partial charge in [0.25, 0.3) is 0 Å². The molecule has 0 N–H and O–H groups in total. The molecule has 0 unspecified atom stereocenters. The van der Waals surface area contributed by atoms with Crippen LogP contribution in [0, 0.1) is 0 Å². The summed E-state index contributed by atoms with van der Waals surface area (Å²) in [5.41, 5.74) is 4.67. The van der Waals surface area contributed by atoms with Gasteiger partial charge in [0.15, 0.2) is 0 Å². The quantitative estimate of drug-likeness (QED) is 0.378. The molecule has 1 heterocycles. The fourth-order valence-corrected chi connectivity index (χ4v) is 17.0. The van der Waals surface area contributed by atoms with Crippen LogP contribution in [0.4, 0.5) is 0 Å². The first-order chi connectivity index (χ1) is 8.38. The molecule has 2 atom stereocenters. The monoisotopic (exact) mass is 315 g/mol. The van der Waals surface area contributed by atoms with Crippen LogP contribution in [0.1, 0.15) is 48.5 Å². The zero-order valence-corrected chi connectivity index (χ0v) is 16.4. The highest BCUT2D eigenvalue weighted by molar-refractivity contribution is 7.88. The fraction of sp³-hybridized carbons (Fsp3) is 0.733. The molecule has 1 saturated heterocycles. The first-order valence-electron chi connectivity index (χ1n) is 7.04. The molecular weight excluding hydrogens is 289 g/mol. The highest BCUT2D eigenvalue weighted by Gasteiger charge is 2.65. The number of halogens is 1. The van der Waals surface area contributed by atoms with Gasteiger partial charge in [0, 0.05) is 10.6 Å². The van der Waals surface area contributed by atoms with Crippen LogP contribution < -0.4 is 0 Å². The lowest BCUT2D eigenvalue weighted by molar-refractivity contribution is 0.373. The molecule has 0 aromatic carbocycles. The standard InChI is InChI=1S/C15H27ClNPSi/c1-10-11(2)13-15(7,12(10)3)19(8,9)17(18(13)16)14(4,5)6/h1-9H3/t15-,18+/m1/s1. The van der Waals surface area contributed by atoms with E-state index in [1.165, 1.54) is 11.1 Å². The predicted octanol–water partition coefficient (Wildman–Crippen LogP) is 6.24. The Bertz CT molecular complexity index is 501. The number of hydrogen-bond acceptors (Lipinski definition) is 1. The van der Waals surface area contributed by atoms with Crippen molar-refractivity contribution in [2.45, 2.75) is 72.1 Å². The summed E-state index contributed by atoms with van der Waals surface area (Å²) in [5.74, 6) is 0. The van der Waals surface area contributed by atoms with Gasteiger partial charge in [-0.25, -0.2) is 0 Å². The van der Waals surface area contributed by atoms with Crippen molar-refractivity contribution < 1.29 is 0 Å². The molecule has 0 amide bonds. The minimum absolute atomic E-state index is 0.151. The van der Waals surface area contributed by atoms with Crippen LogP contribution >= 0.6 is 18.7 Å². The van der Waals surface area contributed by atoms with Crippen LogP contribution in [0.25, 0.3) is 0 Å². The minimum Gasteiger partial charge on any atom is -0.282 e. The van der Waals surface area contributed by atoms with E-state index >= 15 is 0 Å². The first-order valence-corrected chi connectivity index (χ1v) is 12.2. The molecule has 0 spiro atoms. The largest absolute Gasteiger partial charge is 0.282 e. The van der Waals surface area contributed by atoms with Crippen LogP contribution in [0.15, 0.2) is 22.0 Å². The van der Waals surface area contributed by atoms with Crippen molar-refractivity contribution in [3.05, 3.63) is 22.0 Å². The molecular formula is C15H27ClNPSi. The Balaban J connectivity index is 2.73. The van der Waals surface area contributed by atoms with E-state index in [1.54, 1.807) is 10.9 Å². The fourth-order valence-electron chi connectivity index (χ4n) is 4.09. The minimum atomic E-state index is -1.65. The van der Waals surface area contributed by atoms with Crippen molar-refractivity contribution in [2.75, 3.05) is 0 Å². The van der Waals surface area contributed by atoms with Crippen LogP contribution in [0.5, 0.6) is 0 Å². The number of allylic oxidation sites excluding steroid dienone is 4. The van der Waals surface area contributed by atoms with Crippen molar-refractivity contribution in [3.63, 3.8) is 0 Å². The molecule has 1 aliphatic carbocycles. The maximum atomic E-state index is 7.00. The molecule has 108 valence electrons. The first kappa shape index (κ1) is 15.8. The molecule has 0 bridgehead atoms. The van der Waals surface area contributed by atoms with Crippen LogP contribution in [0.2, 0.25) is 18.1 Å². The molecule has 1 fully saturated rings. The average Bonchev–Trinajstić information content (AvgIpc) is 2.49. The summed E-state index contributed by atoms with van der Waals surface area (Å²) >= 11 is 7.00. The van der Waals surface area contributed by atoms with Crippen molar-refractivity contribution in [1.29, 1.82) is 0 Å². The van der Waals surface area contributed by atoms with Crippen molar-refractivity contribution in [3.8, 4) is 0 Å². The average molecular weight is 316 g/mol. The van der Waals surface area contributed by atoms with E-state index in [1.807, 2.05) is 0 Å². The summed E-state index contributed by atoms with van der Waals surface area (Å²) in [6.45, 7) is 21.3. The Hall–Kier alpha value is 0.377.